The lowest BCUT2D eigenvalue weighted by Gasteiger charge is -2.36. The molecule has 5 N–H and O–H groups in total. The second-order valence-corrected chi connectivity index (χ2v) is 13.5. The van der Waals surface area contributed by atoms with Crippen molar-refractivity contribution in [2.24, 2.45) is 5.73 Å². The molecule has 60 heavy (non-hydrogen) atoms. The number of anilines is 2. The maximum atomic E-state index is 12.7. The predicted molar refractivity (Wildman–Crippen MR) is 223 cm³/mol. The van der Waals surface area contributed by atoms with Crippen LogP contribution in [-0.4, -0.2) is 107 Å². The fourth-order valence-electron chi connectivity index (χ4n) is 6.47. The fraction of sp³-hybridized carbons (Fsp3) is 0.341. The third kappa shape index (κ3) is 11.2. The summed E-state index contributed by atoms with van der Waals surface area (Å²) in [6.45, 7) is 2.03. The van der Waals surface area contributed by atoms with Crippen molar-refractivity contribution in [1.82, 2.24) is 14.9 Å². The Bertz CT molecular complexity index is 2120. The van der Waals surface area contributed by atoms with E-state index in [0.29, 0.717) is 60.8 Å². The van der Waals surface area contributed by atoms with Gasteiger partial charge in [-0.15, -0.1) is 0 Å². The normalized spacial score (nSPS) is 12.3. The highest BCUT2D eigenvalue weighted by Gasteiger charge is 2.38. The molecule has 0 spiro atoms. The number of aliphatic hydroxyl groups excluding tert-OH is 1. The molecule has 0 bridgehead atoms. The van der Waals surface area contributed by atoms with Crippen molar-refractivity contribution in [3.05, 3.63) is 130 Å². The third-order valence-electron chi connectivity index (χ3n) is 9.39. The van der Waals surface area contributed by atoms with Gasteiger partial charge in [0.25, 0.3) is 0 Å². The number of carbonyl (C=O) groups excluding carboxylic acids is 1. The minimum atomic E-state index is -1.06. The van der Waals surface area contributed by atoms with Gasteiger partial charge >= 0.3 is 5.69 Å². The van der Waals surface area contributed by atoms with E-state index in [1.807, 2.05) is 78.9 Å². The van der Waals surface area contributed by atoms with Gasteiger partial charge in [0.05, 0.1) is 66.7 Å². The van der Waals surface area contributed by atoms with Gasteiger partial charge in [-0.25, -0.2) is 4.79 Å². The number of para-hydroxylation sites is 1. The number of aliphatic hydroxyl groups is 1. The number of nitrogens with zero attached hydrogens (tertiary/aromatic N) is 2. The van der Waals surface area contributed by atoms with Gasteiger partial charge in [-0.2, -0.15) is 4.98 Å². The van der Waals surface area contributed by atoms with Crippen LogP contribution in [0, 0.1) is 0 Å². The molecule has 6 rings (SSSR count). The molecule has 4 aromatic carbocycles. The van der Waals surface area contributed by atoms with Gasteiger partial charge in [0, 0.05) is 13.1 Å². The highest BCUT2D eigenvalue weighted by Crippen LogP contribution is 2.45. The van der Waals surface area contributed by atoms with Gasteiger partial charge in [0.1, 0.15) is 47.8 Å². The second-order valence-electron chi connectivity index (χ2n) is 13.5. The first-order valence-electron chi connectivity index (χ1n) is 19.5. The number of amides is 1. The summed E-state index contributed by atoms with van der Waals surface area (Å²) >= 11 is 0. The summed E-state index contributed by atoms with van der Waals surface area (Å²) in [6.07, 6.45) is 0.508. The Morgan fingerprint density at radius 2 is 1.43 bits per heavy atom. The first kappa shape index (κ1) is 43.6. The summed E-state index contributed by atoms with van der Waals surface area (Å²) in [5, 5.41) is 16.8. The van der Waals surface area contributed by atoms with Gasteiger partial charge in [-0.3, -0.25) is 9.36 Å². The maximum absolute atomic E-state index is 12.7. The van der Waals surface area contributed by atoms with Crippen molar-refractivity contribution < 1.29 is 47.8 Å². The van der Waals surface area contributed by atoms with Gasteiger partial charge in [-0.1, -0.05) is 60.7 Å². The molecule has 0 radical (unpaired) electrons. The van der Waals surface area contributed by atoms with Crippen LogP contribution in [0.4, 0.5) is 11.5 Å². The number of fused-ring (bicyclic) bond motifs is 2. The number of ether oxygens (including phenoxy) is 8. The highest BCUT2D eigenvalue weighted by atomic mass is 16.6. The molecule has 1 unspecified atom stereocenters. The molecular weight excluding hydrogens is 775 g/mol. The van der Waals surface area contributed by atoms with Crippen LogP contribution in [-0.2, 0) is 35.9 Å². The summed E-state index contributed by atoms with van der Waals surface area (Å²) < 4.78 is 47.2. The number of rotatable bonds is 24. The molecular formula is C44H51N5O11. The number of aromatic nitrogens is 2. The SMILES string of the molecule is COc1ccc(C(OCC(O)COCCOCCOCCNC(=O)Cn2cc3c(nc2=O)Nc2c(OCCN)cccc2O3)(c2ccccc2)c2ccc(OC)cc2)cc1. The standard InChI is InChI=1S/C44H51N5O11/c1-53-35-15-11-32(12-16-35)44(31-7-4-3-5-8-31,33-13-17-36(54-2)18-14-33)59-30-34(50)29-57-26-25-56-24-23-55-22-20-46-40(51)28-49-27-39-42(48-43(49)52)47-41-37(58-21-19-45)9-6-10-38(41)60-39/h3-18,27,34,50H,19-26,28-30,45H2,1-2H3,(H,46,51)(H,47,48,52). The Hall–Kier alpha value is -6.01. The summed E-state index contributed by atoms with van der Waals surface area (Å²) in [7, 11) is 3.24. The first-order chi connectivity index (χ1) is 29.3. The molecule has 1 aromatic heterocycles. The van der Waals surface area contributed by atoms with E-state index in [0.717, 1.165) is 16.7 Å². The van der Waals surface area contributed by atoms with Gasteiger partial charge in [0.15, 0.2) is 17.3 Å². The van der Waals surface area contributed by atoms with E-state index in [2.05, 4.69) is 15.6 Å². The minimum absolute atomic E-state index is 0.0206. The molecule has 1 amide bonds. The Morgan fingerprint density at radius 3 is 2.08 bits per heavy atom. The fourth-order valence-corrected chi connectivity index (χ4v) is 6.47. The molecule has 318 valence electrons. The van der Waals surface area contributed by atoms with E-state index < -0.39 is 23.3 Å². The molecule has 0 fully saturated rings. The van der Waals surface area contributed by atoms with Crippen LogP contribution >= 0.6 is 0 Å². The largest absolute Gasteiger partial charge is 0.497 e. The van der Waals surface area contributed by atoms with Crippen molar-refractivity contribution in [2.45, 2.75) is 18.2 Å². The lowest BCUT2D eigenvalue weighted by Crippen LogP contribution is -2.36. The van der Waals surface area contributed by atoms with Crippen molar-refractivity contribution in [2.75, 3.05) is 85.5 Å². The van der Waals surface area contributed by atoms with Crippen molar-refractivity contribution in [3.63, 3.8) is 0 Å². The first-order valence-corrected chi connectivity index (χ1v) is 19.5. The van der Waals surface area contributed by atoms with E-state index in [1.54, 1.807) is 32.4 Å². The van der Waals surface area contributed by atoms with Crippen molar-refractivity contribution in [1.29, 1.82) is 0 Å². The predicted octanol–water partition coefficient (Wildman–Crippen LogP) is 3.98. The van der Waals surface area contributed by atoms with E-state index in [-0.39, 0.29) is 51.9 Å². The lowest BCUT2D eigenvalue weighted by molar-refractivity contribution is -0.122. The smallest absolute Gasteiger partial charge is 0.350 e. The minimum Gasteiger partial charge on any atom is -0.497 e. The number of nitrogens with one attached hydrogen (secondary N) is 2. The average Bonchev–Trinajstić information content (AvgIpc) is 3.28. The Kier molecular flexibility index (Phi) is 15.9. The summed E-state index contributed by atoms with van der Waals surface area (Å²) in [5.41, 5.74) is 7.01. The quantitative estimate of drug-likeness (QED) is 0.0505. The Balaban J connectivity index is 0.884. The van der Waals surface area contributed by atoms with E-state index >= 15 is 0 Å². The van der Waals surface area contributed by atoms with Crippen molar-refractivity contribution in [3.8, 4) is 28.7 Å². The van der Waals surface area contributed by atoms with Crippen LogP contribution in [0.2, 0.25) is 0 Å². The molecule has 2 heterocycles. The topological polar surface area (TPSA) is 196 Å². The third-order valence-corrected chi connectivity index (χ3v) is 9.39. The number of hydrogen-bond donors (Lipinski definition) is 4. The lowest BCUT2D eigenvalue weighted by atomic mass is 9.80. The van der Waals surface area contributed by atoms with Crippen LogP contribution in [0.3, 0.4) is 0 Å². The molecule has 0 aliphatic carbocycles. The number of benzene rings is 4. The molecule has 16 heteroatoms. The summed E-state index contributed by atoms with van der Waals surface area (Å²) in [4.78, 5) is 29.3. The van der Waals surface area contributed by atoms with E-state index in [4.69, 9.17) is 43.6 Å². The van der Waals surface area contributed by atoms with E-state index in [9.17, 15) is 14.7 Å². The van der Waals surface area contributed by atoms with Crippen LogP contribution < -0.4 is 41.0 Å². The van der Waals surface area contributed by atoms with Gasteiger partial charge < -0.3 is 59.4 Å². The zero-order valence-electron chi connectivity index (χ0n) is 33.7. The average molecular weight is 826 g/mol. The Labute approximate surface area is 348 Å². The number of carbonyl (C=O) groups is 1. The Morgan fingerprint density at radius 1 is 0.800 bits per heavy atom. The summed E-state index contributed by atoms with van der Waals surface area (Å²) in [6, 6.07) is 30.5. The number of hydrogen-bond acceptors (Lipinski definition) is 14. The molecule has 1 atom stereocenters. The zero-order chi connectivity index (χ0) is 42.2. The molecule has 1 aliphatic rings. The zero-order valence-corrected chi connectivity index (χ0v) is 33.7. The van der Waals surface area contributed by atoms with Crippen LogP contribution in [0.5, 0.6) is 28.7 Å². The van der Waals surface area contributed by atoms with Crippen LogP contribution in [0.1, 0.15) is 16.7 Å². The molecule has 5 aromatic rings. The van der Waals surface area contributed by atoms with Crippen molar-refractivity contribution >= 4 is 17.4 Å². The van der Waals surface area contributed by atoms with Gasteiger partial charge in [0.2, 0.25) is 5.91 Å². The van der Waals surface area contributed by atoms with Gasteiger partial charge in [-0.05, 0) is 53.1 Å². The molecule has 0 saturated carbocycles. The monoisotopic (exact) mass is 825 g/mol. The maximum Gasteiger partial charge on any atom is 0.350 e. The second kappa shape index (κ2) is 21.8. The summed E-state index contributed by atoms with van der Waals surface area (Å²) in [5.74, 6) is 2.55. The molecule has 16 nitrogen and oxygen atoms in total. The van der Waals surface area contributed by atoms with Crippen LogP contribution in [0.15, 0.2) is 108 Å². The molecule has 1 aliphatic heterocycles. The highest BCUT2D eigenvalue weighted by molar-refractivity contribution is 5.78. The number of methoxy groups -OCH3 is 2. The molecule has 0 saturated heterocycles. The van der Waals surface area contributed by atoms with E-state index in [1.165, 1.54) is 10.8 Å². The van der Waals surface area contributed by atoms with Crippen LogP contribution in [0.25, 0.3) is 0 Å². The number of nitrogens with two attached hydrogens (primary N) is 1.